The monoisotopic (exact) mass is 283 g/mol. The Kier molecular flexibility index (Phi) is 4.46. The molecule has 0 fully saturated rings. The van der Waals surface area contributed by atoms with Crippen molar-refractivity contribution < 1.29 is 4.74 Å². The number of fused-ring (bicyclic) bond motifs is 1. The molecule has 0 atom stereocenters. The van der Waals surface area contributed by atoms with Crippen LogP contribution in [0, 0.1) is 0 Å². The van der Waals surface area contributed by atoms with E-state index in [9.17, 15) is 0 Å². The molecule has 0 bridgehead atoms. The van der Waals surface area contributed by atoms with E-state index in [2.05, 4.69) is 22.1 Å². The Bertz CT molecular complexity index is 595. The third-order valence-electron chi connectivity index (χ3n) is 3.91. The van der Waals surface area contributed by atoms with Crippen LogP contribution in [0.5, 0.6) is 11.6 Å². The highest BCUT2D eigenvalue weighted by molar-refractivity contribution is 5.36. The Balaban J connectivity index is 1.81. The summed E-state index contributed by atoms with van der Waals surface area (Å²) in [4.78, 5) is 8.75. The van der Waals surface area contributed by atoms with Crippen molar-refractivity contribution in [3.63, 3.8) is 0 Å². The second kappa shape index (κ2) is 6.68. The lowest BCUT2D eigenvalue weighted by molar-refractivity contribution is 0.452. The van der Waals surface area contributed by atoms with Gasteiger partial charge in [-0.2, -0.15) is 0 Å². The van der Waals surface area contributed by atoms with Gasteiger partial charge >= 0.3 is 0 Å². The fourth-order valence-corrected chi connectivity index (χ4v) is 2.76. The number of hydrogen-bond donors (Lipinski definition) is 1. The Morgan fingerprint density at radius 1 is 1.00 bits per heavy atom. The quantitative estimate of drug-likeness (QED) is 0.876. The van der Waals surface area contributed by atoms with Crippen molar-refractivity contribution in [2.75, 3.05) is 6.54 Å². The van der Waals surface area contributed by atoms with Crippen LogP contribution in [-0.2, 0) is 19.3 Å². The van der Waals surface area contributed by atoms with Gasteiger partial charge in [0.1, 0.15) is 12.1 Å². The largest absolute Gasteiger partial charge is 0.439 e. The van der Waals surface area contributed by atoms with Gasteiger partial charge in [0.2, 0.25) is 5.88 Å². The molecule has 2 aromatic rings. The Labute approximate surface area is 125 Å². The highest BCUT2D eigenvalue weighted by atomic mass is 16.5. The minimum Gasteiger partial charge on any atom is -0.439 e. The van der Waals surface area contributed by atoms with Crippen LogP contribution in [0.1, 0.15) is 36.1 Å². The first-order valence-electron chi connectivity index (χ1n) is 7.66. The van der Waals surface area contributed by atoms with Crippen LogP contribution in [0.2, 0.25) is 0 Å². The second-order valence-corrected chi connectivity index (χ2v) is 5.45. The summed E-state index contributed by atoms with van der Waals surface area (Å²) in [6.07, 6.45) is 8.19. The lowest BCUT2D eigenvalue weighted by Gasteiger charge is -2.11. The van der Waals surface area contributed by atoms with Crippen molar-refractivity contribution in [2.45, 2.75) is 38.5 Å². The number of ether oxygens (including phenoxy) is 1. The summed E-state index contributed by atoms with van der Waals surface area (Å²) in [6.45, 7) is 0.666. The summed E-state index contributed by atoms with van der Waals surface area (Å²) in [5.74, 6) is 1.54. The van der Waals surface area contributed by atoms with E-state index in [4.69, 9.17) is 10.5 Å². The van der Waals surface area contributed by atoms with Gasteiger partial charge in [-0.15, -0.1) is 0 Å². The molecule has 1 aromatic carbocycles. The zero-order valence-electron chi connectivity index (χ0n) is 12.2. The summed E-state index contributed by atoms with van der Waals surface area (Å²) in [7, 11) is 0. The third kappa shape index (κ3) is 3.39. The molecule has 3 rings (SSSR count). The van der Waals surface area contributed by atoms with E-state index in [0.717, 1.165) is 30.7 Å². The summed E-state index contributed by atoms with van der Waals surface area (Å²) in [5, 5.41) is 0. The van der Waals surface area contributed by atoms with E-state index in [1.165, 1.54) is 30.4 Å². The number of aryl methyl sites for hydroxylation is 1. The van der Waals surface area contributed by atoms with Crippen molar-refractivity contribution in [1.29, 1.82) is 0 Å². The predicted molar refractivity (Wildman–Crippen MR) is 82.6 cm³/mol. The molecule has 2 N–H and O–H groups in total. The number of hydrogen-bond acceptors (Lipinski definition) is 4. The van der Waals surface area contributed by atoms with E-state index in [1.807, 2.05) is 12.1 Å². The highest BCUT2D eigenvalue weighted by Gasteiger charge is 2.15. The first kappa shape index (κ1) is 14.0. The smallest absolute Gasteiger partial charge is 0.225 e. The van der Waals surface area contributed by atoms with Crippen LogP contribution in [0.3, 0.4) is 0 Å². The maximum Gasteiger partial charge on any atom is 0.225 e. The standard InChI is InChI=1S/C17H21N3O/c18-11-10-13-6-8-14(9-7-13)21-17-15-4-2-1-3-5-16(15)19-12-20-17/h6-9,12H,1-5,10-11,18H2. The molecular weight excluding hydrogens is 262 g/mol. The minimum absolute atomic E-state index is 0.666. The van der Waals surface area contributed by atoms with E-state index < -0.39 is 0 Å². The molecule has 0 saturated carbocycles. The third-order valence-corrected chi connectivity index (χ3v) is 3.91. The summed E-state index contributed by atoms with van der Waals surface area (Å²) < 4.78 is 5.98. The molecular formula is C17H21N3O. The number of nitrogens with zero attached hydrogens (tertiary/aromatic N) is 2. The summed E-state index contributed by atoms with van der Waals surface area (Å²) in [6, 6.07) is 8.08. The molecule has 4 nitrogen and oxygen atoms in total. The predicted octanol–water partition coefficient (Wildman–Crippen LogP) is 3.04. The van der Waals surface area contributed by atoms with E-state index in [1.54, 1.807) is 6.33 Å². The molecule has 0 spiro atoms. The van der Waals surface area contributed by atoms with Gasteiger partial charge in [-0.3, -0.25) is 0 Å². The van der Waals surface area contributed by atoms with E-state index in [-0.39, 0.29) is 0 Å². The zero-order chi connectivity index (χ0) is 14.5. The van der Waals surface area contributed by atoms with Crippen LogP contribution in [0.15, 0.2) is 30.6 Å². The molecule has 4 heteroatoms. The van der Waals surface area contributed by atoms with Crippen molar-refractivity contribution in [3.8, 4) is 11.6 Å². The Morgan fingerprint density at radius 3 is 2.62 bits per heavy atom. The number of rotatable bonds is 4. The highest BCUT2D eigenvalue weighted by Crippen LogP contribution is 2.29. The van der Waals surface area contributed by atoms with Crippen LogP contribution in [-0.4, -0.2) is 16.5 Å². The van der Waals surface area contributed by atoms with Crippen molar-refractivity contribution in [3.05, 3.63) is 47.4 Å². The van der Waals surface area contributed by atoms with Gasteiger partial charge in [-0.1, -0.05) is 18.6 Å². The number of nitrogens with two attached hydrogens (primary N) is 1. The molecule has 0 amide bonds. The van der Waals surface area contributed by atoms with Crippen LogP contribution < -0.4 is 10.5 Å². The average Bonchev–Trinajstić information content (AvgIpc) is 2.76. The van der Waals surface area contributed by atoms with Gasteiger partial charge in [-0.25, -0.2) is 9.97 Å². The van der Waals surface area contributed by atoms with Gasteiger partial charge in [-0.05, 0) is 56.3 Å². The van der Waals surface area contributed by atoms with Gasteiger partial charge in [0.15, 0.2) is 0 Å². The molecule has 0 radical (unpaired) electrons. The van der Waals surface area contributed by atoms with Gasteiger partial charge in [0, 0.05) is 5.56 Å². The SMILES string of the molecule is NCCc1ccc(Oc2ncnc3c2CCCCC3)cc1. The van der Waals surface area contributed by atoms with Crippen LogP contribution >= 0.6 is 0 Å². The van der Waals surface area contributed by atoms with E-state index >= 15 is 0 Å². The molecule has 1 aromatic heterocycles. The van der Waals surface area contributed by atoms with Crippen molar-refractivity contribution in [1.82, 2.24) is 9.97 Å². The van der Waals surface area contributed by atoms with Gasteiger partial charge < -0.3 is 10.5 Å². The van der Waals surface area contributed by atoms with E-state index in [0.29, 0.717) is 12.4 Å². The average molecular weight is 283 g/mol. The molecule has 1 heterocycles. The van der Waals surface area contributed by atoms with Crippen LogP contribution in [0.25, 0.3) is 0 Å². The zero-order valence-corrected chi connectivity index (χ0v) is 12.2. The summed E-state index contributed by atoms with van der Waals surface area (Å²) in [5.41, 5.74) is 9.12. The fraction of sp³-hybridized carbons (Fsp3) is 0.412. The fourth-order valence-electron chi connectivity index (χ4n) is 2.76. The van der Waals surface area contributed by atoms with Crippen LogP contribution in [0.4, 0.5) is 0 Å². The maximum atomic E-state index is 5.98. The maximum absolute atomic E-state index is 5.98. The lowest BCUT2D eigenvalue weighted by Crippen LogP contribution is -2.03. The van der Waals surface area contributed by atoms with Crippen molar-refractivity contribution in [2.24, 2.45) is 5.73 Å². The summed E-state index contributed by atoms with van der Waals surface area (Å²) >= 11 is 0. The Morgan fingerprint density at radius 2 is 1.81 bits per heavy atom. The molecule has 0 unspecified atom stereocenters. The van der Waals surface area contributed by atoms with Gasteiger partial charge in [0.05, 0.1) is 5.69 Å². The van der Waals surface area contributed by atoms with Gasteiger partial charge in [0.25, 0.3) is 0 Å². The normalized spacial score (nSPS) is 14.3. The first-order chi connectivity index (χ1) is 10.4. The minimum atomic E-state index is 0.666. The molecule has 110 valence electrons. The second-order valence-electron chi connectivity index (χ2n) is 5.45. The molecule has 0 aliphatic heterocycles. The first-order valence-corrected chi connectivity index (χ1v) is 7.66. The van der Waals surface area contributed by atoms with Crippen molar-refractivity contribution >= 4 is 0 Å². The molecule has 21 heavy (non-hydrogen) atoms. The molecule has 1 aliphatic rings. The number of aromatic nitrogens is 2. The lowest BCUT2D eigenvalue weighted by atomic mass is 10.1. The molecule has 1 aliphatic carbocycles. The number of benzene rings is 1. The Hall–Kier alpha value is -1.94. The topological polar surface area (TPSA) is 61.0 Å². The molecule has 0 saturated heterocycles.